The highest BCUT2D eigenvalue weighted by molar-refractivity contribution is 6.71. The summed E-state index contributed by atoms with van der Waals surface area (Å²) in [5, 5.41) is 0. The first-order chi connectivity index (χ1) is 6.80. The summed E-state index contributed by atoms with van der Waals surface area (Å²) in [5.74, 6) is 3.08. The Labute approximate surface area is 96.7 Å². The van der Waals surface area contributed by atoms with Gasteiger partial charge in [0, 0.05) is 0 Å². The molecular weight excluding hydrogens is 200 g/mol. The fourth-order valence-corrected chi connectivity index (χ4v) is 4.03. The molecule has 0 N–H and O–H groups in total. The number of rotatable bonds is 3. The molecule has 1 aliphatic rings. The van der Waals surface area contributed by atoms with Crippen LogP contribution in [0.15, 0.2) is 0 Å². The lowest BCUT2D eigenvalue weighted by molar-refractivity contribution is 0.112. The summed E-state index contributed by atoms with van der Waals surface area (Å²) in [5.41, 5.74) is 0. The molecule has 1 rings (SSSR count). The summed E-state index contributed by atoms with van der Waals surface area (Å²) < 4.78 is 6.45. The Bertz CT molecular complexity index is 201. The van der Waals surface area contributed by atoms with Crippen molar-refractivity contribution in [3.63, 3.8) is 0 Å². The minimum absolute atomic E-state index is 0.511. The SMILES string of the molecule is CC[Si](C)(C)OC1C(C)C(C)C(C)C1C. The van der Waals surface area contributed by atoms with Gasteiger partial charge in [-0.2, -0.15) is 0 Å². The Morgan fingerprint density at radius 1 is 0.867 bits per heavy atom. The van der Waals surface area contributed by atoms with Crippen LogP contribution in [0.5, 0.6) is 0 Å². The molecule has 2 heteroatoms. The lowest BCUT2D eigenvalue weighted by Gasteiger charge is -2.31. The molecule has 0 aromatic heterocycles. The van der Waals surface area contributed by atoms with Gasteiger partial charge in [-0.1, -0.05) is 34.6 Å². The second-order valence-corrected chi connectivity index (χ2v) is 10.6. The highest BCUT2D eigenvalue weighted by Crippen LogP contribution is 2.43. The van der Waals surface area contributed by atoms with Crippen LogP contribution in [-0.2, 0) is 4.43 Å². The average Bonchev–Trinajstić information content (AvgIpc) is 2.36. The van der Waals surface area contributed by atoms with E-state index < -0.39 is 8.32 Å². The molecule has 0 amide bonds. The first-order valence-corrected chi connectivity index (χ1v) is 9.59. The van der Waals surface area contributed by atoms with Crippen molar-refractivity contribution in [3.8, 4) is 0 Å². The van der Waals surface area contributed by atoms with Crippen molar-refractivity contribution < 1.29 is 4.43 Å². The summed E-state index contributed by atoms with van der Waals surface area (Å²) in [6, 6.07) is 1.23. The third kappa shape index (κ3) is 2.65. The highest BCUT2D eigenvalue weighted by Gasteiger charge is 2.44. The molecule has 4 atom stereocenters. The topological polar surface area (TPSA) is 9.23 Å². The van der Waals surface area contributed by atoms with Crippen LogP contribution in [0, 0.1) is 23.7 Å². The van der Waals surface area contributed by atoms with Gasteiger partial charge in [-0.3, -0.25) is 0 Å². The fraction of sp³-hybridized carbons (Fsp3) is 1.00. The van der Waals surface area contributed by atoms with E-state index in [9.17, 15) is 0 Å². The van der Waals surface area contributed by atoms with E-state index in [0.717, 1.165) is 23.7 Å². The van der Waals surface area contributed by atoms with Gasteiger partial charge in [0.1, 0.15) is 0 Å². The van der Waals surface area contributed by atoms with Crippen LogP contribution in [0.1, 0.15) is 34.6 Å². The molecule has 1 nitrogen and oxygen atoms in total. The molecule has 15 heavy (non-hydrogen) atoms. The van der Waals surface area contributed by atoms with Crippen molar-refractivity contribution in [2.24, 2.45) is 23.7 Å². The predicted octanol–water partition coefficient (Wildman–Crippen LogP) is 4.15. The molecule has 1 saturated carbocycles. The van der Waals surface area contributed by atoms with Crippen molar-refractivity contribution in [1.29, 1.82) is 0 Å². The fourth-order valence-electron chi connectivity index (χ4n) is 2.70. The quantitative estimate of drug-likeness (QED) is 0.659. The maximum atomic E-state index is 6.45. The standard InChI is InChI=1S/C13H28OSi/c1-8-15(6,7)14-13-11(4)9(2)10(3)12(13)5/h9-13H,8H2,1-7H3. The van der Waals surface area contributed by atoms with Crippen molar-refractivity contribution in [3.05, 3.63) is 0 Å². The first-order valence-electron chi connectivity index (χ1n) is 6.48. The molecule has 0 radical (unpaired) electrons. The Kier molecular flexibility index (Phi) is 4.05. The van der Waals surface area contributed by atoms with Gasteiger partial charge in [0.25, 0.3) is 0 Å². The van der Waals surface area contributed by atoms with Crippen LogP contribution in [-0.4, -0.2) is 14.4 Å². The molecule has 0 bridgehead atoms. The molecule has 4 unspecified atom stereocenters. The zero-order valence-corrected chi connectivity index (χ0v) is 12.5. The lowest BCUT2D eigenvalue weighted by Crippen LogP contribution is -2.38. The Morgan fingerprint density at radius 3 is 1.60 bits per heavy atom. The average molecular weight is 228 g/mol. The van der Waals surface area contributed by atoms with Crippen molar-refractivity contribution in [1.82, 2.24) is 0 Å². The molecular formula is C13H28OSi. The minimum atomic E-state index is -1.39. The van der Waals surface area contributed by atoms with Crippen LogP contribution in [0.4, 0.5) is 0 Å². The molecule has 0 aromatic rings. The van der Waals surface area contributed by atoms with Gasteiger partial charge >= 0.3 is 0 Å². The zero-order valence-electron chi connectivity index (χ0n) is 11.5. The summed E-state index contributed by atoms with van der Waals surface area (Å²) in [6.07, 6.45) is 0.511. The van der Waals surface area contributed by atoms with Gasteiger partial charge < -0.3 is 4.43 Å². The normalized spacial score (nSPS) is 42.2. The third-order valence-electron chi connectivity index (χ3n) is 4.83. The number of hydrogen-bond donors (Lipinski definition) is 0. The van der Waals surface area contributed by atoms with Crippen LogP contribution in [0.25, 0.3) is 0 Å². The molecule has 1 fully saturated rings. The van der Waals surface area contributed by atoms with Crippen molar-refractivity contribution >= 4 is 8.32 Å². The van der Waals surface area contributed by atoms with E-state index in [1.807, 2.05) is 0 Å². The Morgan fingerprint density at radius 2 is 1.27 bits per heavy atom. The van der Waals surface area contributed by atoms with Gasteiger partial charge in [0.05, 0.1) is 6.10 Å². The van der Waals surface area contributed by atoms with Crippen LogP contribution in [0.3, 0.4) is 0 Å². The molecule has 0 heterocycles. The molecule has 0 aromatic carbocycles. The zero-order chi connectivity index (χ0) is 11.8. The molecule has 0 saturated heterocycles. The van der Waals surface area contributed by atoms with E-state index in [1.165, 1.54) is 6.04 Å². The van der Waals surface area contributed by atoms with Gasteiger partial charge in [-0.15, -0.1) is 0 Å². The van der Waals surface area contributed by atoms with E-state index in [0.29, 0.717) is 6.10 Å². The maximum absolute atomic E-state index is 6.45. The van der Waals surface area contributed by atoms with E-state index >= 15 is 0 Å². The summed E-state index contributed by atoms with van der Waals surface area (Å²) in [7, 11) is -1.39. The summed E-state index contributed by atoms with van der Waals surface area (Å²) in [6.45, 7) is 16.5. The third-order valence-corrected chi connectivity index (χ3v) is 7.44. The maximum Gasteiger partial charge on any atom is 0.186 e. The van der Waals surface area contributed by atoms with Gasteiger partial charge in [-0.25, -0.2) is 0 Å². The van der Waals surface area contributed by atoms with Crippen LogP contribution in [0.2, 0.25) is 19.1 Å². The van der Waals surface area contributed by atoms with E-state index in [2.05, 4.69) is 47.7 Å². The van der Waals surface area contributed by atoms with Gasteiger partial charge in [0.2, 0.25) is 0 Å². The van der Waals surface area contributed by atoms with E-state index in [4.69, 9.17) is 4.43 Å². The van der Waals surface area contributed by atoms with Crippen LogP contribution < -0.4 is 0 Å². The van der Waals surface area contributed by atoms with Crippen molar-refractivity contribution in [2.75, 3.05) is 0 Å². The minimum Gasteiger partial charge on any atom is -0.414 e. The smallest absolute Gasteiger partial charge is 0.186 e. The molecule has 1 aliphatic carbocycles. The predicted molar refractivity (Wildman–Crippen MR) is 69.5 cm³/mol. The molecule has 90 valence electrons. The first kappa shape index (κ1) is 13.2. The number of hydrogen-bond acceptors (Lipinski definition) is 1. The summed E-state index contributed by atoms with van der Waals surface area (Å²) >= 11 is 0. The van der Waals surface area contributed by atoms with Gasteiger partial charge in [0.15, 0.2) is 8.32 Å². The molecule has 0 aliphatic heterocycles. The van der Waals surface area contributed by atoms with E-state index in [1.54, 1.807) is 0 Å². The van der Waals surface area contributed by atoms with E-state index in [-0.39, 0.29) is 0 Å². The Hall–Kier alpha value is 0.177. The van der Waals surface area contributed by atoms with Crippen molar-refractivity contribution in [2.45, 2.75) is 59.9 Å². The monoisotopic (exact) mass is 228 g/mol. The second kappa shape index (κ2) is 4.58. The molecule has 0 spiro atoms. The van der Waals surface area contributed by atoms with Crippen LogP contribution >= 0.6 is 0 Å². The lowest BCUT2D eigenvalue weighted by atomic mass is 9.92. The second-order valence-electron chi connectivity index (χ2n) is 6.13. The Balaban J connectivity index is 2.70. The highest BCUT2D eigenvalue weighted by atomic mass is 28.4. The van der Waals surface area contributed by atoms with Gasteiger partial charge in [-0.05, 0) is 42.8 Å². The largest absolute Gasteiger partial charge is 0.414 e. The summed E-state index contributed by atoms with van der Waals surface area (Å²) in [4.78, 5) is 0.